The lowest BCUT2D eigenvalue weighted by atomic mass is 10.0. The summed E-state index contributed by atoms with van der Waals surface area (Å²) in [5, 5.41) is 5.94. The van der Waals surface area contributed by atoms with Crippen molar-refractivity contribution in [1.29, 1.82) is 0 Å². The van der Waals surface area contributed by atoms with E-state index in [0.717, 1.165) is 17.1 Å². The van der Waals surface area contributed by atoms with Gasteiger partial charge >= 0.3 is 0 Å². The molecule has 23 heavy (non-hydrogen) atoms. The molecular formula is C18H18N2O3. The molecule has 0 fully saturated rings. The number of ketones is 1. The number of carbonyl (C=O) groups excluding carboxylic acids is 2. The summed E-state index contributed by atoms with van der Waals surface area (Å²) in [5.41, 5.74) is 2.14. The summed E-state index contributed by atoms with van der Waals surface area (Å²) in [4.78, 5) is 24.5. The van der Waals surface area contributed by atoms with Crippen molar-refractivity contribution >= 4 is 23.1 Å². The van der Waals surface area contributed by atoms with Crippen molar-refractivity contribution in [2.75, 3.05) is 17.2 Å². The van der Waals surface area contributed by atoms with Gasteiger partial charge in [0.1, 0.15) is 11.8 Å². The third kappa shape index (κ3) is 3.34. The van der Waals surface area contributed by atoms with Gasteiger partial charge in [-0.3, -0.25) is 9.59 Å². The third-order valence-electron chi connectivity index (χ3n) is 3.71. The van der Waals surface area contributed by atoms with E-state index in [0.29, 0.717) is 12.2 Å². The molecule has 5 heteroatoms. The molecule has 0 saturated heterocycles. The van der Waals surface area contributed by atoms with Gasteiger partial charge in [-0.15, -0.1) is 0 Å². The van der Waals surface area contributed by atoms with Crippen molar-refractivity contribution in [3.63, 3.8) is 0 Å². The molecule has 1 aliphatic heterocycles. The molecule has 2 aromatic carbocycles. The lowest BCUT2D eigenvalue weighted by Gasteiger charge is -2.26. The Kier molecular flexibility index (Phi) is 4.28. The smallest absolute Gasteiger partial charge is 0.247 e. The Morgan fingerprint density at radius 2 is 1.78 bits per heavy atom. The first-order valence-corrected chi connectivity index (χ1v) is 7.60. The van der Waals surface area contributed by atoms with E-state index in [1.165, 1.54) is 0 Å². The van der Waals surface area contributed by atoms with Gasteiger partial charge in [0.2, 0.25) is 5.91 Å². The molecule has 1 atom stereocenters. The van der Waals surface area contributed by atoms with E-state index in [4.69, 9.17) is 4.74 Å². The molecule has 0 radical (unpaired) electrons. The predicted molar refractivity (Wildman–Crippen MR) is 89.0 cm³/mol. The number of hydrogen-bond donors (Lipinski definition) is 2. The molecule has 118 valence electrons. The van der Waals surface area contributed by atoms with Gasteiger partial charge in [-0.1, -0.05) is 12.1 Å². The molecule has 0 bridgehead atoms. The first-order valence-electron chi connectivity index (χ1n) is 7.60. The van der Waals surface area contributed by atoms with Gasteiger partial charge in [0.05, 0.1) is 18.0 Å². The minimum Gasteiger partial charge on any atom is -0.494 e. The lowest BCUT2D eigenvalue weighted by molar-refractivity contribution is -0.117. The van der Waals surface area contributed by atoms with Crippen molar-refractivity contribution in [2.45, 2.75) is 19.4 Å². The number of amides is 1. The second-order valence-corrected chi connectivity index (χ2v) is 5.32. The fourth-order valence-electron chi connectivity index (χ4n) is 2.54. The highest BCUT2D eigenvalue weighted by Crippen LogP contribution is 2.27. The summed E-state index contributed by atoms with van der Waals surface area (Å²) in [6, 6.07) is 13.9. The normalized spacial score (nSPS) is 16.0. The molecule has 3 rings (SSSR count). The fraction of sp³-hybridized carbons (Fsp3) is 0.222. The second-order valence-electron chi connectivity index (χ2n) is 5.32. The maximum atomic E-state index is 12.4. The summed E-state index contributed by atoms with van der Waals surface area (Å²) >= 11 is 0. The molecule has 1 amide bonds. The first-order chi connectivity index (χ1) is 11.2. The van der Waals surface area contributed by atoms with Crippen LogP contribution < -0.4 is 15.4 Å². The van der Waals surface area contributed by atoms with Crippen LogP contribution in [0.15, 0.2) is 48.5 Å². The number of rotatable bonds is 5. The summed E-state index contributed by atoms with van der Waals surface area (Å²) < 4.78 is 5.36. The molecule has 0 aromatic heterocycles. The minimum absolute atomic E-state index is 0.0833. The zero-order valence-corrected chi connectivity index (χ0v) is 12.8. The Bertz CT molecular complexity index is 725. The number of carbonyl (C=O) groups is 2. The molecule has 1 aliphatic rings. The molecular weight excluding hydrogens is 292 g/mol. The van der Waals surface area contributed by atoms with E-state index < -0.39 is 6.04 Å². The average Bonchev–Trinajstić information content (AvgIpc) is 2.56. The number of benzene rings is 2. The molecule has 0 spiro atoms. The van der Waals surface area contributed by atoms with Crippen molar-refractivity contribution in [3.05, 3.63) is 54.1 Å². The molecule has 0 saturated carbocycles. The van der Waals surface area contributed by atoms with Gasteiger partial charge in [-0.25, -0.2) is 0 Å². The van der Waals surface area contributed by atoms with Crippen molar-refractivity contribution in [3.8, 4) is 5.75 Å². The quantitative estimate of drug-likeness (QED) is 0.833. The van der Waals surface area contributed by atoms with Gasteiger partial charge in [-0.2, -0.15) is 0 Å². The van der Waals surface area contributed by atoms with Gasteiger partial charge in [0, 0.05) is 12.0 Å². The number of para-hydroxylation sites is 2. The monoisotopic (exact) mass is 310 g/mol. The Balaban J connectivity index is 1.69. The SMILES string of the molecule is CCOc1ccc(C(=O)CC2Nc3ccccc3NC2=O)cc1. The average molecular weight is 310 g/mol. The summed E-state index contributed by atoms with van der Waals surface area (Å²) in [7, 11) is 0. The van der Waals surface area contributed by atoms with Crippen LogP contribution in [0.3, 0.4) is 0 Å². The second kappa shape index (κ2) is 6.52. The van der Waals surface area contributed by atoms with Gasteiger partial charge in [0.25, 0.3) is 0 Å². The van der Waals surface area contributed by atoms with Crippen LogP contribution in [0.25, 0.3) is 0 Å². The van der Waals surface area contributed by atoms with Gasteiger partial charge in [-0.05, 0) is 43.3 Å². The maximum Gasteiger partial charge on any atom is 0.247 e. The van der Waals surface area contributed by atoms with E-state index in [9.17, 15) is 9.59 Å². The topological polar surface area (TPSA) is 67.4 Å². The number of hydrogen-bond acceptors (Lipinski definition) is 4. The van der Waals surface area contributed by atoms with Crippen LogP contribution >= 0.6 is 0 Å². The fourth-order valence-corrected chi connectivity index (χ4v) is 2.54. The Hall–Kier alpha value is -2.82. The summed E-state index contributed by atoms with van der Waals surface area (Å²) in [5.74, 6) is 0.453. The van der Waals surface area contributed by atoms with Crippen LogP contribution in [-0.2, 0) is 4.79 Å². The van der Waals surface area contributed by atoms with Crippen LogP contribution in [0.1, 0.15) is 23.7 Å². The van der Waals surface area contributed by atoms with E-state index in [1.807, 2.05) is 31.2 Å². The van der Waals surface area contributed by atoms with Crippen LogP contribution in [0.5, 0.6) is 5.75 Å². The Labute approximate surface area is 134 Å². The number of ether oxygens (including phenoxy) is 1. The number of Topliss-reactive ketones (excluding diaryl/α,β-unsaturated/α-hetero) is 1. The molecule has 2 N–H and O–H groups in total. The number of fused-ring (bicyclic) bond motifs is 1. The maximum absolute atomic E-state index is 12.4. The zero-order valence-electron chi connectivity index (χ0n) is 12.8. The molecule has 2 aromatic rings. The number of nitrogens with one attached hydrogen (secondary N) is 2. The standard InChI is InChI=1S/C18H18N2O3/c1-2-23-13-9-7-12(8-10-13)17(21)11-16-18(22)20-15-6-4-3-5-14(15)19-16/h3-10,16,19H,2,11H2,1H3,(H,20,22). The summed E-state index contributed by atoms with van der Waals surface area (Å²) in [6.45, 7) is 2.49. The molecule has 5 nitrogen and oxygen atoms in total. The van der Waals surface area contributed by atoms with Crippen LogP contribution in [-0.4, -0.2) is 24.3 Å². The van der Waals surface area contributed by atoms with Crippen LogP contribution in [0.2, 0.25) is 0 Å². The highest BCUT2D eigenvalue weighted by molar-refractivity contribution is 6.07. The van der Waals surface area contributed by atoms with Crippen LogP contribution in [0, 0.1) is 0 Å². The largest absolute Gasteiger partial charge is 0.494 e. The molecule has 1 heterocycles. The summed E-state index contributed by atoms with van der Waals surface area (Å²) in [6.07, 6.45) is 0.105. The zero-order chi connectivity index (χ0) is 16.2. The van der Waals surface area contributed by atoms with Crippen molar-refractivity contribution in [1.82, 2.24) is 0 Å². The van der Waals surface area contributed by atoms with Crippen molar-refractivity contribution in [2.24, 2.45) is 0 Å². The van der Waals surface area contributed by atoms with Gasteiger partial charge < -0.3 is 15.4 Å². The van der Waals surface area contributed by atoms with E-state index in [1.54, 1.807) is 24.3 Å². The van der Waals surface area contributed by atoms with Crippen molar-refractivity contribution < 1.29 is 14.3 Å². The third-order valence-corrected chi connectivity index (χ3v) is 3.71. The van der Waals surface area contributed by atoms with E-state index in [2.05, 4.69) is 10.6 Å². The van der Waals surface area contributed by atoms with E-state index in [-0.39, 0.29) is 18.1 Å². The highest BCUT2D eigenvalue weighted by Gasteiger charge is 2.27. The Morgan fingerprint density at radius 3 is 2.48 bits per heavy atom. The Morgan fingerprint density at radius 1 is 1.09 bits per heavy atom. The highest BCUT2D eigenvalue weighted by atomic mass is 16.5. The van der Waals surface area contributed by atoms with Crippen LogP contribution in [0.4, 0.5) is 11.4 Å². The number of anilines is 2. The first kappa shape index (κ1) is 15.1. The molecule has 1 unspecified atom stereocenters. The van der Waals surface area contributed by atoms with E-state index >= 15 is 0 Å². The molecule has 0 aliphatic carbocycles. The van der Waals surface area contributed by atoms with Gasteiger partial charge in [0.15, 0.2) is 5.78 Å². The lowest BCUT2D eigenvalue weighted by Crippen LogP contribution is -2.40. The predicted octanol–water partition coefficient (Wildman–Crippen LogP) is 3.09. The minimum atomic E-state index is -0.566.